The van der Waals surface area contributed by atoms with Gasteiger partial charge in [-0.15, -0.1) is 0 Å². The lowest BCUT2D eigenvalue weighted by Gasteiger charge is -2.26. The van der Waals surface area contributed by atoms with Gasteiger partial charge in [-0.2, -0.15) is 21.6 Å². The van der Waals surface area contributed by atoms with Crippen LogP contribution in [0.2, 0.25) is 0 Å². The molecule has 1 aliphatic heterocycles. The van der Waals surface area contributed by atoms with Crippen molar-refractivity contribution in [2.75, 3.05) is 6.61 Å². The first-order valence-corrected chi connectivity index (χ1v) is 9.46. The molecular formula is C16H12BrF3O5S. The number of benzene rings is 2. The average molecular weight is 453 g/mol. The van der Waals surface area contributed by atoms with Crippen molar-refractivity contribution < 1.29 is 35.2 Å². The van der Waals surface area contributed by atoms with Gasteiger partial charge in [-0.25, -0.2) is 4.18 Å². The van der Waals surface area contributed by atoms with Crippen molar-refractivity contribution in [2.45, 2.75) is 24.3 Å². The SMILES string of the molecule is Cc1cc(Br)ccc1S(=O)(=O)OC1COc2ccc(C(F)(F)F)cc2O1. The second kappa shape index (κ2) is 6.75. The Balaban J connectivity index is 1.82. The second-order valence-electron chi connectivity index (χ2n) is 5.48. The monoisotopic (exact) mass is 452 g/mol. The van der Waals surface area contributed by atoms with E-state index in [-0.39, 0.29) is 23.0 Å². The molecule has 0 radical (unpaired) electrons. The number of aryl methyl sites for hydroxylation is 1. The lowest BCUT2D eigenvalue weighted by atomic mass is 10.2. The Morgan fingerprint density at radius 2 is 1.88 bits per heavy atom. The molecule has 0 spiro atoms. The molecule has 0 fully saturated rings. The van der Waals surface area contributed by atoms with Crippen molar-refractivity contribution in [2.24, 2.45) is 0 Å². The number of halogens is 4. The van der Waals surface area contributed by atoms with Crippen LogP contribution in [0.3, 0.4) is 0 Å². The zero-order chi connectivity index (χ0) is 19.1. The summed E-state index contributed by atoms with van der Waals surface area (Å²) in [5.74, 6) is -0.158. The molecule has 1 unspecified atom stereocenters. The van der Waals surface area contributed by atoms with Gasteiger partial charge in [0.15, 0.2) is 18.1 Å². The molecule has 2 aromatic carbocycles. The molecule has 10 heteroatoms. The molecule has 140 valence electrons. The summed E-state index contributed by atoms with van der Waals surface area (Å²) in [4.78, 5) is -0.0702. The fourth-order valence-electron chi connectivity index (χ4n) is 2.36. The molecular weight excluding hydrogens is 441 g/mol. The van der Waals surface area contributed by atoms with Gasteiger partial charge in [0.2, 0.25) is 0 Å². The van der Waals surface area contributed by atoms with Crippen LogP contribution in [-0.2, 0) is 20.5 Å². The van der Waals surface area contributed by atoms with Gasteiger partial charge in [-0.05, 0) is 48.9 Å². The summed E-state index contributed by atoms with van der Waals surface area (Å²) in [6.07, 6.45) is -5.97. The van der Waals surface area contributed by atoms with Gasteiger partial charge in [-0.1, -0.05) is 15.9 Å². The third-order valence-electron chi connectivity index (χ3n) is 3.54. The summed E-state index contributed by atoms with van der Waals surface area (Å²) in [6.45, 7) is 1.30. The smallest absolute Gasteiger partial charge is 0.416 e. The van der Waals surface area contributed by atoms with E-state index in [1.54, 1.807) is 13.0 Å². The highest BCUT2D eigenvalue weighted by atomic mass is 79.9. The maximum atomic E-state index is 12.8. The topological polar surface area (TPSA) is 61.8 Å². The molecule has 0 N–H and O–H groups in total. The fourth-order valence-corrected chi connectivity index (χ4v) is 4.01. The van der Waals surface area contributed by atoms with Gasteiger partial charge >= 0.3 is 16.3 Å². The molecule has 1 heterocycles. The van der Waals surface area contributed by atoms with Crippen molar-refractivity contribution in [1.29, 1.82) is 0 Å². The zero-order valence-corrected chi connectivity index (χ0v) is 15.6. The maximum Gasteiger partial charge on any atom is 0.416 e. The summed E-state index contributed by atoms with van der Waals surface area (Å²) < 4.78 is 79.4. The summed E-state index contributed by atoms with van der Waals surface area (Å²) >= 11 is 3.23. The third kappa shape index (κ3) is 3.97. The Bertz CT molecular complexity index is 943. The Hall–Kier alpha value is -1.78. The van der Waals surface area contributed by atoms with Gasteiger partial charge in [0, 0.05) is 4.47 Å². The molecule has 0 saturated heterocycles. The van der Waals surface area contributed by atoms with Crippen LogP contribution in [0, 0.1) is 6.92 Å². The van der Waals surface area contributed by atoms with E-state index in [1.165, 1.54) is 12.1 Å². The molecule has 1 atom stereocenters. The van der Waals surface area contributed by atoms with E-state index in [2.05, 4.69) is 15.9 Å². The van der Waals surface area contributed by atoms with Crippen LogP contribution in [0.4, 0.5) is 13.2 Å². The van der Waals surface area contributed by atoms with Gasteiger partial charge in [-0.3, -0.25) is 0 Å². The van der Waals surface area contributed by atoms with Crippen LogP contribution in [0.5, 0.6) is 11.5 Å². The summed E-state index contributed by atoms with van der Waals surface area (Å²) in [5, 5.41) is 0. The Morgan fingerprint density at radius 1 is 1.15 bits per heavy atom. The third-order valence-corrected chi connectivity index (χ3v) is 5.50. The molecule has 5 nitrogen and oxygen atoms in total. The molecule has 3 rings (SSSR count). The number of fused-ring (bicyclic) bond motifs is 1. The van der Waals surface area contributed by atoms with Crippen molar-refractivity contribution in [3.8, 4) is 11.5 Å². The highest BCUT2D eigenvalue weighted by Crippen LogP contribution is 2.39. The molecule has 0 aromatic heterocycles. The Morgan fingerprint density at radius 3 is 2.54 bits per heavy atom. The quantitative estimate of drug-likeness (QED) is 0.650. The van der Waals surface area contributed by atoms with Crippen LogP contribution in [0.15, 0.2) is 45.8 Å². The molecule has 2 aromatic rings. The first-order valence-electron chi connectivity index (χ1n) is 7.26. The van der Waals surface area contributed by atoms with Crippen LogP contribution < -0.4 is 9.47 Å². The number of hydrogen-bond donors (Lipinski definition) is 0. The van der Waals surface area contributed by atoms with Crippen LogP contribution >= 0.6 is 15.9 Å². The number of ether oxygens (including phenoxy) is 2. The lowest BCUT2D eigenvalue weighted by molar-refractivity contribution is -0.138. The largest absolute Gasteiger partial charge is 0.483 e. The van der Waals surface area contributed by atoms with Crippen molar-refractivity contribution in [3.05, 3.63) is 52.0 Å². The molecule has 26 heavy (non-hydrogen) atoms. The molecule has 1 aliphatic rings. The Labute approximate surface area is 155 Å². The fraction of sp³-hybridized carbons (Fsp3) is 0.250. The average Bonchev–Trinajstić information content (AvgIpc) is 2.52. The van der Waals surface area contributed by atoms with Gasteiger partial charge in [0.25, 0.3) is 6.29 Å². The molecule has 0 bridgehead atoms. The lowest BCUT2D eigenvalue weighted by Crippen LogP contribution is -2.34. The van der Waals surface area contributed by atoms with Crippen molar-refractivity contribution in [1.82, 2.24) is 0 Å². The highest BCUT2D eigenvalue weighted by Gasteiger charge is 2.34. The Kier molecular flexibility index (Phi) is 4.93. The predicted octanol–water partition coefficient (Wildman–Crippen LogP) is 4.28. The summed E-state index contributed by atoms with van der Waals surface area (Å²) in [5.41, 5.74) is -0.497. The van der Waals surface area contributed by atoms with E-state index < -0.39 is 28.1 Å². The maximum absolute atomic E-state index is 12.8. The van der Waals surface area contributed by atoms with Gasteiger partial charge in [0.1, 0.15) is 0 Å². The highest BCUT2D eigenvalue weighted by molar-refractivity contribution is 9.10. The summed E-state index contributed by atoms with van der Waals surface area (Å²) in [6, 6.07) is 7.19. The van der Waals surface area contributed by atoms with E-state index >= 15 is 0 Å². The minimum absolute atomic E-state index is 0.0702. The minimum Gasteiger partial charge on any atom is -0.483 e. The number of hydrogen-bond acceptors (Lipinski definition) is 5. The minimum atomic E-state index is -4.56. The van der Waals surface area contributed by atoms with Crippen LogP contribution in [0.25, 0.3) is 0 Å². The van der Waals surface area contributed by atoms with E-state index in [0.717, 1.165) is 18.2 Å². The zero-order valence-electron chi connectivity index (χ0n) is 13.2. The van der Waals surface area contributed by atoms with E-state index in [1.807, 2.05) is 0 Å². The van der Waals surface area contributed by atoms with Gasteiger partial charge < -0.3 is 9.47 Å². The molecule has 0 saturated carbocycles. The van der Waals surface area contributed by atoms with E-state index in [4.69, 9.17) is 13.7 Å². The number of rotatable bonds is 3. The van der Waals surface area contributed by atoms with Crippen LogP contribution in [-0.4, -0.2) is 21.3 Å². The van der Waals surface area contributed by atoms with Crippen LogP contribution in [0.1, 0.15) is 11.1 Å². The second-order valence-corrected chi connectivity index (χ2v) is 7.93. The first kappa shape index (κ1) is 19.0. The van der Waals surface area contributed by atoms with E-state index in [0.29, 0.717) is 10.0 Å². The predicted molar refractivity (Wildman–Crippen MR) is 88.5 cm³/mol. The molecule has 0 amide bonds. The molecule has 0 aliphatic carbocycles. The summed E-state index contributed by atoms with van der Waals surface area (Å²) in [7, 11) is -4.20. The normalized spacial score (nSPS) is 17.2. The van der Waals surface area contributed by atoms with Crippen molar-refractivity contribution >= 4 is 26.0 Å². The number of alkyl halides is 3. The standard InChI is InChI=1S/C16H12BrF3O5S/c1-9-6-11(17)3-5-14(9)26(21,22)25-15-8-23-12-4-2-10(16(18,19)20)7-13(12)24-15/h2-7,15H,8H2,1H3. The van der Waals surface area contributed by atoms with Gasteiger partial charge in [0.05, 0.1) is 10.5 Å². The van der Waals surface area contributed by atoms with Crippen molar-refractivity contribution in [3.63, 3.8) is 0 Å². The first-order chi connectivity index (χ1) is 12.1. The van der Waals surface area contributed by atoms with E-state index in [9.17, 15) is 21.6 Å².